The first-order chi connectivity index (χ1) is 4.45. The molecule has 5 heteroatoms. The van der Waals surface area contributed by atoms with Crippen molar-refractivity contribution < 1.29 is 9.29 Å². The van der Waals surface area contributed by atoms with Gasteiger partial charge in [-0.3, -0.25) is 0 Å². The second kappa shape index (κ2) is 4.87. The summed E-state index contributed by atoms with van der Waals surface area (Å²) in [6.45, 7) is 0.358. The van der Waals surface area contributed by atoms with Gasteiger partial charge in [-0.05, 0) is 12.5 Å². The van der Waals surface area contributed by atoms with Gasteiger partial charge in [-0.2, -0.15) is 0 Å². The van der Waals surface area contributed by atoms with Crippen molar-refractivity contribution in [2.45, 2.75) is 6.10 Å². The van der Waals surface area contributed by atoms with E-state index in [1.807, 2.05) is 12.5 Å². The van der Waals surface area contributed by atoms with Crippen molar-refractivity contribution in [2.75, 3.05) is 24.4 Å². The Morgan fingerprint density at radius 2 is 2.20 bits per heavy atom. The van der Waals surface area contributed by atoms with Crippen LogP contribution in [0, 0.1) is 0 Å². The molecule has 0 aromatic rings. The number of hydrogen-bond acceptors (Lipinski definition) is 3. The van der Waals surface area contributed by atoms with Crippen LogP contribution in [0.1, 0.15) is 0 Å². The predicted octanol–water partition coefficient (Wildman–Crippen LogP) is 1.58. The molecule has 10 heavy (non-hydrogen) atoms. The zero-order valence-electron chi connectivity index (χ0n) is 6.08. The summed E-state index contributed by atoms with van der Waals surface area (Å²) in [5, 5.41) is 9.58. The van der Waals surface area contributed by atoms with Gasteiger partial charge in [-0.15, -0.1) is 11.7 Å². The molecular formula is C5H13BrO2S2. The summed E-state index contributed by atoms with van der Waals surface area (Å²) >= 11 is 7.34. The van der Waals surface area contributed by atoms with Crippen molar-refractivity contribution in [1.29, 1.82) is 0 Å². The number of thiol groups is 1. The lowest BCUT2D eigenvalue weighted by molar-refractivity contribution is 0.138. The maximum absolute atomic E-state index is 9.03. The third-order valence-electron chi connectivity index (χ3n) is 0.727. The van der Waals surface area contributed by atoms with Crippen molar-refractivity contribution >= 4 is 36.9 Å². The van der Waals surface area contributed by atoms with E-state index < -0.39 is 15.4 Å². The highest BCUT2D eigenvalue weighted by atomic mass is 79.9. The summed E-state index contributed by atoms with van der Waals surface area (Å²) in [5.41, 5.74) is 0. The van der Waals surface area contributed by atoms with Crippen LogP contribution in [0.25, 0.3) is 0 Å². The molecule has 1 atom stereocenters. The fourth-order valence-electron chi connectivity index (χ4n) is 0.290. The summed E-state index contributed by atoms with van der Waals surface area (Å²) < 4.78 is 5.25. The lowest BCUT2D eigenvalue weighted by Gasteiger charge is -2.24. The van der Waals surface area contributed by atoms with Gasteiger partial charge in [0.2, 0.25) is 0 Å². The average Bonchev–Trinajstić information content (AvgIpc) is 1.81. The Kier molecular flexibility index (Phi) is 5.41. The lowest BCUT2D eigenvalue weighted by atomic mass is 10.5. The fourth-order valence-corrected chi connectivity index (χ4v) is 1.15. The maximum Gasteiger partial charge on any atom is 0.0882 e. The largest absolute Gasteiger partial charge is 0.390 e. The van der Waals surface area contributed by atoms with Crippen LogP contribution >= 0.6 is 36.9 Å². The summed E-state index contributed by atoms with van der Waals surface area (Å²) in [6, 6.07) is 0. The first kappa shape index (κ1) is 11.1. The second-order valence-electron chi connectivity index (χ2n) is 2.27. The van der Waals surface area contributed by atoms with Crippen LogP contribution in [-0.2, 0) is 4.18 Å². The molecule has 0 aromatic carbocycles. The Labute approximate surface area is 76.8 Å². The van der Waals surface area contributed by atoms with E-state index in [0.29, 0.717) is 11.9 Å². The van der Waals surface area contributed by atoms with Gasteiger partial charge in [0.1, 0.15) is 0 Å². The van der Waals surface area contributed by atoms with E-state index in [9.17, 15) is 0 Å². The van der Waals surface area contributed by atoms with Crippen molar-refractivity contribution in [2.24, 2.45) is 0 Å². The Balaban J connectivity index is 3.36. The number of rotatable bonds is 4. The van der Waals surface area contributed by atoms with E-state index in [4.69, 9.17) is 9.29 Å². The SMILES string of the molecule is CS(C)(S)OCC(O)CBr. The van der Waals surface area contributed by atoms with Gasteiger partial charge in [0.15, 0.2) is 0 Å². The van der Waals surface area contributed by atoms with Gasteiger partial charge in [-0.25, -0.2) is 0 Å². The highest BCUT2D eigenvalue weighted by Gasteiger charge is 2.08. The first-order valence-electron chi connectivity index (χ1n) is 2.80. The van der Waals surface area contributed by atoms with E-state index in [1.165, 1.54) is 0 Å². The third kappa shape index (κ3) is 7.21. The summed E-state index contributed by atoms with van der Waals surface area (Å²) in [4.78, 5) is 0. The predicted molar refractivity (Wildman–Crippen MR) is 54.2 cm³/mol. The van der Waals surface area contributed by atoms with E-state index in [2.05, 4.69) is 27.6 Å². The zero-order chi connectivity index (χ0) is 8.20. The van der Waals surface area contributed by atoms with Crippen molar-refractivity contribution in [1.82, 2.24) is 0 Å². The third-order valence-corrected chi connectivity index (χ3v) is 2.50. The van der Waals surface area contributed by atoms with Gasteiger partial charge in [0.05, 0.1) is 12.7 Å². The molecule has 0 aromatic heterocycles. The number of aliphatic hydroxyl groups is 1. The molecular weight excluding hydrogens is 236 g/mol. The Hall–Kier alpha value is 1.10. The molecule has 0 heterocycles. The monoisotopic (exact) mass is 248 g/mol. The molecule has 64 valence electrons. The van der Waals surface area contributed by atoms with E-state index in [0.717, 1.165) is 0 Å². The minimum absolute atomic E-state index is 0.358. The van der Waals surface area contributed by atoms with Crippen molar-refractivity contribution in [3.05, 3.63) is 0 Å². The van der Waals surface area contributed by atoms with E-state index in [-0.39, 0.29) is 0 Å². The second-order valence-corrected chi connectivity index (χ2v) is 8.16. The Morgan fingerprint density at radius 1 is 1.70 bits per heavy atom. The van der Waals surface area contributed by atoms with Crippen LogP contribution in [0.4, 0.5) is 0 Å². The quantitative estimate of drug-likeness (QED) is 0.450. The molecule has 0 rings (SSSR count). The smallest absolute Gasteiger partial charge is 0.0882 e. The molecule has 0 aliphatic rings. The molecule has 1 N–H and O–H groups in total. The van der Waals surface area contributed by atoms with Crippen molar-refractivity contribution in [3.63, 3.8) is 0 Å². The molecule has 1 unspecified atom stereocenters. The van der Waals surface area contributed by atoms with Crippen LogP contribution in [-0.4, -0.2) is 35.7 Å². The van der Waals surface area contributed by atoms with Gasteiger partial charge in [0.25, 0.3) is 0 Å². The zero-order valence-corrected chi connectivity index (χ0v) is 9.38. The minimum Gasteiger partial charge on any atom is -0.390 e. The highest BCUT2D eigenvalue weighted by molar-refractivity contribution is 9.09. The van der Waals surface area contributed by atoms with Crippen LogP contribution in [0.15, 0.2) is 0 Å². The molecule has 0 saturated carbocycles. The van der Waals surface area contributed by atoms with Crippen LogP contribution in [0.2, 0.25) is 0 Å². The Bertz CT molecular complexity index is 94.1. The molecule has 0 aliphatic heterocycles. The molecule has 0 spiro atoms. The van der Waals surface area contributed by atoms with Gasteiger partial charge in [0, 0.05) is 5.33 Å². The maximum atomic E-state index is 9.03. The molecule has 0 radical (unpaired) electrons. The normalized spacial score (nSPS) is 16.9. The van der Waals surface area contributed by atoms with Crippen LogP contribution in [0.3, 0.4) is 0 Å². The lowest BCUT2D eigenvalue weighted by Crippen LogP contribution is -2.16. The summed E-state index contributed by atoms with van der Waals surface area (Å²) in [6.07, 6.45) is 3.41. The Morgan fingerprint density at radius 3 is 2.50 bits per heavy atom. The molecule has 0 fully saturated rings. The van der Waals surface area contributed by atoms with Crippen LogP contribution in [0.5, 0.6) is 0 Å². The van der Waals surface area contributed by atoms with Crippen molar-refractivity contribution in [3.8, 4) is 0 Å². The standard InChI is InChI=1S/C5H13BrO2S2/c1-10(2,9)8-4-5(7)3-6/h5,7,9H,3-4H2,1-2H3. The first-order valence-corrected chi connectivity index (χ1v) is 7.34. The summed E-state index contributed by atoms with van der Waals surface area (Å²) in [5.74, 6) is 0. The number of alkyl halides is 1. The fraction of sp³-hybridized carbons (Fsp3) is 1.00. The minimum atomic E-state index is -1.22. The van der Waals surface area contributed by atoms with Crippen LogP contribution < -0.4 is 0 Å². The highest BCUT2D eigenvalue weighted by Crippen LogP contribution is 2.45. The van der Waals surface area contributed by atoms with Gasteiger partial charge >= 0.3 is 0 Å². The number of aliphatic hydroxyl groups excluding tert-OH is 1. The van der Waals surface area contributed by atoms with E-state index >= 15 is 0 Å². The molecule has 0 aliphatic carbocycles. The van der Waals surface area contributed by atoms with E-state index in [1.54, 1.807) is 0 Å². The number of halogens is 1. The molecule has 0 bridgehead atoms. The van der Waals surface area contributed by atoms with Gasteiger partial charge in [-0.1, -0.05) is 25.3 Å². The average molecular weight is 249 g/mol. The molecule has 2 nitrogen and oxygen atoms in total. The number of hydrogen-bond donors (Lipinski definition) is 2. The molecule has 0 saturated heterocycles. The van der Waals surface area contributed by atoms with Gasteiger partial charge < -0.3 is 9.29 Å². The molecule has 0 amide bonds. The summed E-state index contributed by atoms with van der Waals surface area (Å²) in [7, 11) is -1.22. The topological polar surface area (TPSA) is 29.5 Å².